The molecule has 18 heavy (non-hydrogen) atoms. The molecule has 0 bridgehead atoms. The predicted octanol–water partition coefficient (Wildman–Crippen LogP) is 3.06. The molecule has 1 N–H and O–H groups in total. The van der Waals surface area contributed by atoms with Crippen molar-refractivity contribution in [2.24, 2.45) is 5.92 Å². The van der Waals surface area contributed by atoms with Crippen LogP contribution < -0.4 is 4.72 Å². The molecule has 0 aliphatic heterocycles. The summed E-state index contributed by atoms with van der Waals surface area (Å²) < 4.78 is 39.6. The molecule has 1 aromatic carbocycles. The van der Waals surface area contributed by atoms with Crippen molar-refractivity contribution in [1.82, 2.24) is 4.72 Å². The third-order valence-corrected chi connectivity index (χ3v) is 5.40. The van der Waals surface area contributed by atoms with Crippen molar-refractivity contribution in [2.75, 3.05) is 6.54 Å². The van der Waals surface area contributed by atoms with E-state index in [0.717, 1.165) is 30.9 Å². The topological polar surface area (TPSA) is 46.2 Å². The average molecular weight is 336 g/mol. The van der Waals surface area contributed by atoms with Crippen LogP contribution in [-0.2, 0) is 10.0 Å². The lowest BCUT2D eigenvalue weighted by Crippen LogP contribution is -2.25. The minimum absolute atomic E-state index is 0.0790. The molecule has 0 unspecified atom stereocenters. The molecule has 1 aliphatic rings. The Morgan fingerprint density at radius 2 is 2.11 bits per heavy atom. The zero-order valence-corrected chi connectivity index (χ0v) is 12.2. The Morgan fingerprint density at radius 1 is 1.39 bits per heavy atom. The maximum absolute atomic E-state index is 12.9. The van der Waals surface area contributed by atoms with Gasteiger partial charge in [-0.2, -0.15) is 0 Å². The smallest absolute Gasteiger partial charge is 0.211 e. The monoisotopic (exact) mass is 335 g/mol. The molecule has 1 saturated carbocycles. The Balaban J connectivity index is 1.95. The first-order valence-corrected chi connectivity index (χ1v) is 8.21. The van der Waals surface area contributed by atoms with Gasteiger partial charge in [-0.1, -0.05) is 12.8 Å². The van der Waals surface area contributed by atoms with E-state index in [1.54, 1.807) is 0 Å². The van der Waals surface area contributed by atoms with Crippen LogP contribution in [0.5, 0.6) is 0 Å². The van der Waals surface area contributed by atoms with Crippen molar-refractivity contribution >= 4 is 26.0 Å². The minimum Gasteiger partial charge on any atom is -0.211 e. The van der Waals surface area contributed by atoms with Gasteiger partial charge in [0.05, 0.1) is 4.90 Å². The van der Waals surface area contributed by atoms with Gasteiger partial charge in [-0.3, -0.25) is 0 Å². The molecule has 0 radical (unpaired) electrons. The Hall–Kier alpha value is -0.460. The van der Waals surface area contributed by atoms with Crippen LogP contribution in [0.2, 0.25) is 0 Å². The maximum atomic E-state index is 12.9. The molecule has 0 heterocycles. The molecule has 0 atom stereocenters. The number of sulfonamides is 1. The van der Waals surface area contributed by atoms with Crippen molar-refractivity contribution in [2.45, 2.75) is 30.6 Å². The molecular formula is C12H15BrFNO2S. The van der Waals surface area contributed by atoms with Crippen molar-refractivity contribution < 1.29 is 12.8 Å². The summed E-state index contributed by atoms with van der Waals surface area (Å²) in [6, 6.07) is 3.56. The summed E-state index contributed by atoms with van der Waals surface area (Å²) in [5.74, 6) is 0.335. The zero-order chi connectivity index (χ0) is 13.2. The SMILES string of the molecule is O=S(=O)(NCCCC1CC1)c1ccc(F)cc1Br. The highest BCUT2D eigenvalue weighted by Crippen LogP contribution is 2.33. The summed E-state index contributed by atoms with van der Waals surface area (Å²) in [7, 11) is -3.55. The van der Waals surface area contributed by atoms with Crippen molar-refractivity contribution in [3.05, 3.63) is 28.5 Å². The van der Waals surface area contributed by atoms with E-state index in [9.17, 15) is 12.8 Å². The molecule has 1 fully saturated rings. The van der Waals surface area contributed by atoms with E-state index in [-0.39, 0.29) is 9.37 Å². The molecule has 6 heteroatoms. The summed E-state index contributed by atoms with van der Waals surface area (Å²) in [5.41, 5.74) is 0. The Kier molecular flexibility index (Phi) is 4.40. The minimum atomic E-state index is -3.55. The van der Waals surface area contributed by atoms with Crippen LogP contribution in [0.25, 0.3) is 0 Å². The van der Waals surface area contributed by atoms with Gasteiger partial charge in [0.15, 0.2) is 0 Å². The molecule has 0 saturated heterocycles. The van der Waals surface area contributed by atoms with Crippen molar-refractivity contribution in [3.8, 4) is 0 Å². The summed E-state index contributed by atoms with van der Waals surface area (Å²) in [4.78, 5) is 0.0790. The predicted molar refractivity (Wildman–Crippen MR) is 71.2 cm³/mol. The second-order valence-corrected chi connectivity index (χ2v) is 7.15. The highest BCUT2D eigenvalue weighted by atomic mass is 79.9. The summed E-state index contributed by atoms with van der Waals surface area (Å²) in [6.07, 6.45) is 4.47. The molecular weight excluding hydrogens is 321 g/mol. The van der Waals surface area contributed by atoms with Crippen LogP contribution in [-0.4, -0.2) is 15.0 Å². The van der Waals surface area contributed by atoms with Crippen LogP contribution in [0.4, 0.5) is 4.39 Å². The van der Waals surface area contributed by atoms with Crippen LogP contribution in [0.1, 0.15) is 25.7 Å². The number of halogens is 2. The van der Waals surface area contributed by atoms with Gasteiger partial charge in [-0.25, -0.2) is 17.5 Å². The van der Waals surface area contributed by atoms with E-state index in [2.05, 4.69) is 20.7 Å². The van der Waals surface area contributed by atoms with Gasteiger partial charge in [-0.15, -0.1) is 0 Å². The first-order valence-electron chi connectivity index (χ1n) is 5.94. The molecule has 0 aromatic heterocycles. The fourth-order valence-electron chi connectivity index (χ4n) is 1.77. The van der Waals surface area contributed by atoms with E-state index >= 15 is 0 Å². The van der Waals surface area contributed by atoms with E-state index < -0.39 is 15.8 Å². The third kappa shape index (κ3) is 3.76. The number of hydrogen-bond acceptors (Lipinski definition) is 2. The zero-order valence-electron chi connectivity index (χ0n) is 9.83. The number of rotatable bonds is 6. The molecule has 0 spiro atoms. The summed E-state index contributed by atoms with van der Waals surface area (Å²) in [5, 5.41) is 0. The third-order valence-electron chi connectivity index (χ3n) is 2.96. The van der Waals surface area contributed by atoms with Gasteiger partial charge in [-0.05, 0) is 52.9 Å². The molecule has 0 amide bonds. The Morgan fingerprint density at radius 3 is 2.72 bits per heavy atom. The van der Waals surface area contributed by atoms with Crippen LogP contribution in [0, 0.1) is 11.7 Å². The lowest BCUT2D eigenvalue weighted by atomic mass is 10.2. The van der Waals surface area contributed by atoms with Gasteiger partial charge in [0.25, 0.3) is 0 Å². The average Bonchev–Trinajstić information content (AvgIpc) is 3.07. The Bertz CT molecular complexity index is 529. The maximum Gasteiger partial charge on any atom is 0.241 e. The highest BCUT2D eigenvalue weighted by Gasteiger charge is 2.21. The van der Waals surface area contributed by atoms with Gasteiger partial charge in [0.2, 0.25) is 10.0 Å². The molecule has 1 aliphatic carbocycles. The molecule has 2 rings (SSSR count). The van der Waals surface area contributed by atoms with Gasteiger partial charge < -0.3 is 0 Å². The Labute approximate surface area is 115 Å². The second kappa shape index (κ2) is 5.67. The number of hydrogen-bond donors (Lipinski definition) is 1. The standard InChI is InChI=1S/C12H15BrFNO2S/c13-11-8-10(14)5-6-12(11)18(16,17)15-7-1-2-9-3-4-9/h5-6,8-9,15H,1-4,7H2. The number of nitrogens with one attached hydrogen (secondary N) is 1. The van der Waals surface area contributed by atoms with Crippen LogP contribution in [0.15, 0.2) is 27.6 Å². The van der Waals surface area contributed by atoms with Gasteiger partial charge >= 0.3 is 0 Å². The molecule has 3 nitrogen and oxygen atoms in total. The lowest BCUT2D eigenvalue weighted by Gasteiger charge is -2.08. The van der Waals surface area contributed by atoms with Gasteiger partial charge in [0, 0.05) is 11.0 Å². The summed E-state index contributed by atoms with van der Waals surface area (Å²) >= 11 is 3.07. The van der Waals surface area contributed by atoms with E-state index in [4.69, 9.17) is 0 Å². The lowest BCUT2D eigenvalue weighted by molar-refractivity contribution is 0.571. The van der Waals surface area contributed by atoms with E-state index in [1.807, 2.05) is 0 Å². The highest BCUT2D eigenvalue weighted by molar-refractivity contribution is 9.10. The fourth-order valence-corrected chi connectivity index (χ4v) is 3.90. The van der Waals surface area contributed by atoms with Crippen LogP contribution >= 0.6 is 15.9 Å². The van der Waals surface area contributed by atoms with Crippen molar-refractivity contribution in [1.29, 1.82) is 0 Å². The second-order valence-electron chi connectivity index (χ2n) is 4.56. The van der Waals surface area contributed by atoms with Crippen LogP contribution in [0.3, 0.4) is 0 Å². The quantitative estimate of drug-likeness (QED) is 0.812. The normalized spacial score (nSPS) is 15.9. The largest absolute Gasteiger partial charge is 0.241 e. The first-order chi connectivity index (χ1) is 8.49. The van der Waals surface area contributed by atoms with E-state index in [0.29, 0.717) is 6.54 Å². The summed E-state index contributed by atoms with van der Waals surface area (Å²) in [6.45, 7) is 0.433. The molecule has 100 valence electrons. The first kappa shape index (κ1) is 14.0. The van der Waals surface area contributed by atoms with Gasteiger partial charge in [0.1, 0.15) is 5.82 Å². The van der Waals surface area contributed by atoms with Crippen molar-refractivity contribution in [3.63, 3.8) is 0 Å². The van der Waals surface area contributed by atoms with E-state index in [1.165, 1.54) is 18.9 Å². The fraction of sp³-hybridized carbons (Fsp3) is 0.500. The number of benzene rings is 1. The molecule has 1 aromatic rings.